The molecule has 0 aliphatic heterocycles. The van der Waals surface area contributed by atoms with Crippen LogP contribution >= 0.6 is 0 Å². The second kappa shape index (κ2) is 11.6. The predicted molar refractivity (Wildman–Crippen MR) is 158 cm³/mol. The van der Waals surface area contributed by atoms with Crippen LogP contribution in [0.25, 0.3) is 45.0 Å². The molecule has 3 heteroatoms. The fourth-order valence-corrected chi connectivity index (χ4v) is 4.85. The first kappa shape index (κ1) is 26.2. The van der Waals surface area contributed by atoms with Crippen molar-refractivity contribution >= 4 is 11.6 Å². The molecule has 194 valence electrons. The van der Waals surface area contributed by atoms with Crippen LogP contribution in [0.4, 0.5) is 13.2 Å². The fourth-order valence-electron chi connectivity index (χ4n) is 4.85. The van der Waals surface area contributed by atoms with E-state index < -0.39 is 11.7 Å². The van der Waals surface area contributed by atoms with E-state index in [1.165, 1.54) is 23.3 Å². The lowest BCUT2D eigenvalue weighted by molar-refractivity contribution is -0.137. The molecule has 0 unspecified atom stereocenters. The van der Waals surface area contributed by atoms with Gasteiger partial charge in [0.15, 0.2) is 0 Å². The Morgan fingerprint density at radius 2 is 1.23 bits per heavy atom. The van der Waals surface area contributed by atoms with Crippen molar-refractivity contribution in [3.8, 4) is 33.4 Å². The highest BCUT2D eigenvalue weighted by molar-refractivity contribution is 5.77. The van der Waals surface area contributed by atoms with Crippen LogP contribution in [0, 0.1) is 0 Å². The molecule has 0 nitrogen and oxygen atoms in total. The Kier molecular flexibility index (Phi) is 7.79. The van der Waals surface area contributed by atoms with E-state index >= 15 is 0 Å². The molecule has 0 heterocycles. The maximum absolute atomic E-state index is 13.5. The zero-order valence-electron chi connectivity index (χ0n) is 21.7. The first-order valence-corrected chi connectivity index (χ1v) is 13.1. The van der Waals surface area contributed by atoms with Crippen molar-refractivity contribution in [2.75, 3.05) is 0 Å². The molecule has 0 radical (unpaired) electrons. The largest absolute Gasteiger partial charge is 0.416 e. The van der Waals surface area contributed by atoms with E-state index in [0.29, 0.717) is 11.1 Å². The van der Waals surface area contributed by atoms with Gasteiger partial charge in [0, 0.05) is 0 Å². The zero-order valence-corrected chi connectivity index (χ0v) is 21.7. The minimum absolute atomic E-state index is 0.532. The second-order valence-corrected chi connectivity index (χ2v) is 9.62. The quantitative estimate of drug-likeness (QED) is 0.246. The summed E-state index contributed by atoms with van der Waals surface area (Å²) in [5.74, 6) is 0. The predicted octanol–water partition coefficient (Wildman–Crippen LogP) is 11.0. The number of halogens is 3. The normalized spacial score (nSPS) is 16.8. The minimum Gasteiger partial charge on any atom is -0.166 e. The van der Waals surface area contributed by atoms with Crippen LogP contribution in [0.3, 0.4) is 0 Å². The average molecular weight is 519 g/mol. The van der Waals surface area contributed by atoms with Gasteiger partial charge in [-0.25, -0.2) is 0 Å². The Bertz CT molecular complexity index is 1560. The molecule has 0 fully saturated rings. The van der Waals surface area contributed by atoms with Crippen molar-refractivity contribution in [3.05, 3.63) is 144 Å². The first-order valence-electron chi connectivity index (χ1n) is 13.1. The van der Waals surface area contributed by atoms with Crippen LogP contribution in [-0.4, -0.2) is 0 Å². The Hall–Kier alpha value is -4.37. The van der Waals surface area contributed by atoms with Crippen molar-refractivity contribution in [2.24, 2.45) is 0 Å². The summed E-state index contributed by atoms with van der Waals surface area (Å²) in [5, 5.41) is 0. The van der Waals surface area contributed by atoms with Gasteiger partial charge in [-0.3, -0.25) is 0 Å². The van der Waals surface area contributed by atoms with Gasteiger partial charge in [0.2, 0.25) is 0 Å². The van der Waals surface area contributed by atoms with E-state index in [4.69, 9.17) is 0 Å². The van der Waals surface area contributed by atoms with Gasteiger partial charge in [0.25, 0.3) is 0 Å². The fraction of sp³-hybridized carbons (Fsp3) is 0.111. The molecule has 0 bridgehead atoms. The molecular formula is C36H29F3. The molecule has 0 saturated heterocycles. The second-order valence-electron chi connectivity index (χ2n) is 9.62. The average Bonchev–Trinajstić information content (AvgIpc) is 2.93. The van der Waals surface area contributed by atoms with Crippen molar-refractivity contribution in [3.63, 3.8) is 0 Å². The molecule has 4 aromatic rings. The Labute approximate surface area is 228 Å². The Balaban J connectivity index is 1.39. The van der Waals surface area contributed by atoms with Crippen molar-refractivity contribution < 1.29 is 13.2 Å². The highest BCUT2D eigenvalue weighted by Gasteiger charge is 2.31. The van der Waals surface area contributed by atoms with Gasteiger partial charge >= 0.3 is 6.18 Å². The van der Waals surface area contributed by atoms with Crippen LogP contribution in [0.1, 0.15) is 36.5 Å². The van der Waals surface area contributed by atoms with Gasteiger partial charge in [-0.15, -0.1) is 0 Å². The van der Waals surface area contributed by atoms with Crippen molar-refractivity contribution in [1.82, 2.24) is 0 Å². The first-order chi connectivity index (χ1) is 18.9. The van der Waals surface area contributed by atoms with Crippen molar-refractivity contribution in [1.29, 1.82) is 0 Å². The van der Waals surface area contributed by atoms with Gasteiger partial charge in [0.1, 0.15) is 0 Å². The topological polar surface area (TPSA) is 0 Å². The summed E-state index contributed by atoms with van der Waals surface area (Å²) >= 11 is 0. The molecule has 4 aromatic carbocycles. The number of alkyl halides is 3. The molecule has 39 heavy (non-hydrogen) atoms. The van der Waals surface area contributed by atoms with E-state index in [-0.39, 0.29) is 0 Å². The van der Waals surface area contributed by atoms with Gasteiger partial charge < -0.3 is 0 Å². The SMILES string of the molecule is C/C=C/c1cc(-c2ccc(-c3cccc(-c4ccc(/C5=C/C=C\C=C/CC5)cc4)c3)cc2)cc(C(F)(F)F)c1. The number of hydrogen-bond donors (Lipinski definition) is 0. The van der Waals surface area contributed by atoms with Crippen LogP contribution in [0.2, 0.25) is 0 Å². The number of allylic oxidation sites excluding steroid dienone is 7. The summed E-state index contributed by atoms with van der Waals surface area (Å²) in [6.45, 7) is 1.79. The standard InChI is InChI=1S/C36H29F3/c1-2-9-26-22-34(25-35(23-26)36(37,38)39)31-20-18-30(19-21-31)33-13-8-12-32(24-33)29-16-14-28(15-17-29)27-10-6-4-3-5-7-11-27/h2-6,8-10,12-25H,7,11H2,1H3/b5-3-,6-4-,9-2+,27-10+. The Morgan fingerprint density at radius 1 is 0.615 bits per heavy atom. The van der Waals surface area contributed by atoms with Gasteiger partial charge in [-0.1, -0.05) is 109 Å². The summed E-state index contributed by atoms with van der Waals surface area (Å²) in [6, 6.07) is 28.9. The molecule has 0 saturated carbocycles. The highest BCUT2D eigenvalue weighted by atomic mass is 19.4. The van der Waals surface area contributed by atoms with Crippen LogP contribution < -0.4 is 0 Å². The summed E-state index contributed by atoms with van der Waals surface area (Å²) in [4.78, 5) is 0. The lowest BCUT2D eigenvalue weighted by atomic mass is 9.94. The summed E-state index contributed by atoms with van der Waals surface area (Å²) < 4.78 is 40.4. The summed E-state index contributed by atoms with van der Waals surface area (Å²) in [6.07, 6.45) is 11.7. The van der Waals surface area contributed by atoms with E-state index in [1.54, 1.807) is 25.1 Å². The Morgan fingerprint density at radius 3 is 1.85 bits per heavy atom. The molecular weight excluding hydrogens is 489 g/mol. The maximum Gasteiger partial charge on any atom is 0.416 e. The monoisotopic (exact) mass is 518 g/mol. The van der Waals surface area contributed by atoms with Gasteiger partial charge in [-0.2, -0.15) is 13.2 Å². The third kappa shape index (κ3) is 6.38. The zero-order chi connectivity index (χ0) is 27.2. The number of rotatable bonds is 5. The lowest BCUT2D eigenvalue weighted by Gasteiger charge is -2.12. The van der Waals surface area contributed by atoms with Crippen LogP contribution in [0.5, 0.6) is 0 Å². The van der Waals surface area contributed by atoms with E-state index in [1.807, 2.05) is 30.3 Å². The number of hydrogen-bond acceptors (Lipinski definition) is 0. The third-order valence-corrected chi connectivity index (χ3v) is 6.88. The molecule has 0 aromatic heterocycles. The third-order valence-electron chi connectivity index (χ3n) is 6.88. The minimum atomic E-state index is -4.40. The molecule has 0 amide bonds. The van der Waals surface area contributed by atoms with Gasteiger partial charge in [0.05, 0.1) is 5.56 Å². The molecule has 0 N–H and O–H groups in total. The smallest absolute Gasteiger partial charge is 0.166 e. The summed E-state index contributed by atoms with van der Waals surface area (Å²) in [7, 11) is 0. The molecule has 0 atom stereocenters. The van der Waals surface area contributed by atoms with Crippen LogP contribution in [0.15, 0.2) is 127 Å². The van der Waals surface area contributed by atoms with E-state index in [9.17, 15) is 13.2 Å². The maximum atomic E-state index is 13.5. The summed E-state index contributed by atoms with van der Waals surface area (Å²) in [5.41, 5.74) is 8.07. The lowest BCUT2D eigenvalue weighted by Crippen LogP contribution is -2.05. The van der Waals surface area contributed by atoms with Crippen molar-refractivity contribution in [2.45, 2.75) is 25.9 Å². The molecule has 0 spiro atoms. The molecule has 1 aliphatic rings. The van der Waals surface area contributed by atoms with Gasteiger partial charge in [-0.05, 0) is 94.1 Å². The highest BCUT2D eigenvalue weighted by Crippen LogP contribution is 2.35. The van der Waals surface area contributed by atoms with E-state index in [0.717, 1.165) is 40.7 Å². The number of benzene rings is 4. The van der Waals surface area contributed by atoms with Crippen LogP contribution in [-0.2, 0) is 6.18 Å². The van der Waals surface area contributed by atoms with E-state index in [2.05, 4.69) is 72.8 Å². The molecule has 5 rings (SSSR count). The molecule has 1 aliphatic carbocycles.